The summed E-state index contributed by atoms with van der Waals surface area (Å²) in [5.74, 6) is 0.540. The molecule has 1 saturated heterocycles. The molecule has 0 bridgehead atoms. The summed E-state index contributed by atoms with van der Waals surface area (Å²) in [6, 6.07) is 10.5. The summed E-state index contributed by atoms with van der Waals surface area (Å²) in [5, 5.41) is 2.83. The molecule has 2 aliphatic rings. The molecule has 6 nitrogen and oxygen atoms in total. The third-order valence-electron chi connectivity index (χ3n) is 6.40. The fraction of sp³-hybridized carbons (Fsp3) is 0.458. The van der Waals surface area contributed by atoms with Crippen molar-refractivity contribution in [1.29, 1.82) is 0 Å². The Morgan fingerprint density at radius 2 is 1.88 bits per heavy atom. The number of para-hydroxylation sites is 1. The molecule has 0 aromatic heterocycles. The summed E-state index contributed by atoms with van der Waals surface area (Å²) in [4.78, 5) is 14.2. The predicted molar refractivity (Wildman–Crippen MR) is 122 cm³/mol. The SMILES string of the molecule is CN(CCC(=O)NC[C@H]1Cc2cccc(-c3ccccc3C(F)(F)F)c2O1)[C@H]1CCS(=O)(=O)C1. The summed E-state index contributed by atoms with van der Waals surface area (Å²) in [6.45, 7) is 0.672. The number of halogens is 3. The van der Waals surface area contributed by atoms with Crippen LogP contribution in [0.3, 0.4) is 0 Å². The molecular weight excluding hydrogens is 469 g/mol. The average Bonchev–Trinajstić information content (AvgIpc) is 3.37. The molecule has 2 aliphatic heterocycles. The van der Waals surface area contributed by atoms with E-state index in [2.05, 4.69) is 5.32 Å². The van der Waals surface area contributed by atoms with Crippen molar-refractivity contribution in [3.63, 3.8) is 0 Å². The molecule has 2 heterocycles. The third kappa shape index (κ3) is 5.55. The minimum atomic E-state index is -4.48. The zero-order valence-electron chi connectivity index (χ0n) is 18.8. The van der Waals surface area contributed by atoms with E-state index in [1.807, 2.05) is 18.0 Å². The second kappa shape index (κ2) is 9.58. The van der Waals surface area contributed by atoms with Crippen LogP contribution < -0.4 is 10.1 Å². The number of amides is 1. The summed E-state index contributed by atoms with van der Waals surface area (Å²) in [7, 11) is -1.17. The van der Waals surface area contributed by atoms with Crippen molar-refractivity contribution in [2.45, 2.75) is 37.6 Å². The molecule has 34 heavy (non-hydrogen) atoms. The lowest BCUT2D eigenvalue weighted by Gasteiger charge is -2.22. The molecule has 2 aromatic carbocycles. The predicted octanol–water partition coefficient (Wildman–Crippen LogP) is 3.30. The van der Waals surface area contributed by atoms with Crippen LogP contribution in [0, 0.1) is 0 Å². The van der Waals surface area contributed by atoms with Gasteiger partial charge in [-0.15, -0.1) is 0 Å². The molecule has 0 unspecified atom stereocenters. The normalized spacial score (nSPS) is 21.3. The lowest BCUT2D eigenvalue weighted by Crippen LogP contribution is -2.38. The van der Waals surface area contributed by atoms with E-state index in [4.69, 9.17) is 4.74 Å². The van der Waals surface area contributed by atoms with Gasteiger partial charge in [-0.05, 0) is 30.7 Å². The smallest absolute Gasteiger partial charge is 0.417 e. The van der Waals surface area contributed by atoms with E-state index < -0.39 is 21.6 Å². The average molecular weight is 497 g/mol. The van der Waals surface area contributed by atoms with Gasteiger partial charge in [0.05, 0.1) is 23.6 Å². The number of benzene rings is 2. The Morgan fingerprint density at radius 3 is 2.59 bits per heavy atom. The van der Waals surface area contributed by atoms with Crippen LogP contribution in [-0.2, 0) is 27.2 Å². The maximum absolute atomic E-state index is 13.5. The number of hydrogen-bond donors (Lipinski definition) is 1. The Balaban J connectivity index is 1.34. The van der Waals surface area contributed by atoms with Gasteiger partial charge in [-0.3, -0.25) is 4.79 Å². The second-order valence-corrected chi connectivity index (χ2v) is 11.1. The minimum Gasteiger partial charge on any atom is -0.487 e. The Hall–Kier alpha value is -2.59. The highest BCUT2D eigenvalue weighted by atomic mass is 32.2. The summed E-state index contributed by atoms with van der Waals surface area (Å²) in [6.07, 6.45) is -3.58. The quantitative estimate of drug-likeness (QED) is 0.637. The number of carbonyl (C=O) groups is 1. The van der Waals surface area contributed by atoms with E-state index in [1.165, 1.54) is 12.1 Å². The van der Waals surface area contributed by atoms with Crippen LogP contribution in [0.2, 0.25) is 0 Å². The maximum atomic E-state index is 13.5. The van der Waals surface area contributed by atoms with Crippen LogP contribution in [0.25, 0.3) is 11.1 Å². The van der Waals surface area contributed by atoms with E-state index in [9.17, 15) is 26.4 Å². The van der Waals surface area contributed by atoms with Crippen molar-refractivity contribution >= 4 is 15.7 Å². The van der Waals surface area contributed by atoms with Gasteiger partial charge in [-0.1, -0.05) is 36.4 Å². The largest absolute Gasteiger partial charge is 0.487 e. The van der Waals surface area contributed by atoms with Gasteiger partial charge in [0, 0.05) is 31.0 Å². The summed E-state index contributed by atoms with van der Waals surface area (Å²) >= 11 is 0. The monoisotopic (exact) mass is 496 g/mol. The van der Waals surface area contributed by atoms with Crippen LogP contribution >= 0.6 is 0 Å². The van der Waals surface area contributed by atoms with Gasteiger partial charge < -0.3 is 15.0 Å². The highest BCUT2D eigenvalue weighted by molar-refractivity contribution is 7.91. The number of nitrogens with zero attached hydrogens (tertiary/aromatic N) is 1. The Labute approximate surface area is 197 Å². The first kappa shape index (κ1) is 24.5. The van der Waals surface area contributed by atoms with Crippen molar-refractivity contribution in [2.24, 2.45) is 0 Å². The molecule has 0 spiro atoms. The van der Waals surface area contributed by atoms with Gasteiger partial charge in [0.1, 0.15) is 11.9 Å². The fourth-order valence-corrected chi connectivity index (χ4v) is 6.33. The summed E-state index contributed by atoms with van der Waals surface area (Å²) < 4.78 is 69.8. The van der Waals surface area contributed by atoms with Crippen LogP contribution in [0.15, 0.2) is 42.5 Å². The summed E-state index contributed by atoms with van der Waals surface area (Å²) in [5.41, 5.74) is 0.528. The lowest BCUT2D eigenvalue weighted by molar-refractivity contribution is -0.137. The highest BCUT2D eigenvalue weighted by Crippen LogP contribution is 2.43. The molecule has 4 rings (SSSR count). The zero-order valence-corrected chi connectivity index (χ0v) is 19.6. The van der Waals surface area contributed by atoms with Crippen molar-refractivity contribution in [1.82, 2.24) is 10.2 Å². The Kier molecular flexibility index (Phi) is 6.91. The number of fused-ring (bicyclic) bond motifs is 1. The van der Waals surface area contributed by atoms with Crippen molar-refractivity contribution in [3.8, 4) is 16.9 Å². The zero-order chi connectivity index (χ0) is 24.5. The van der Waals surface area contributed by atoms with E-state index in [1.54, 1.807) is 18.2 Å². The van der Waals surface area contributed by atoms with Gasteiger partial charge in [-0.25, -0.2) is 8.42 Å². The molecule has 0 saturated carbocycles. The van der Waals surface area contributed by atoms with Crippen molar-refractivity contribution in [3.05, 3.63) is 53.6 Å². The number of carbonyl (C=O) groups excluding carboxylic acids is 1. The number of rotatable bonds is 7. The highest BCUT2D eigenvalue weighted by Gasteiger charge is 2.35. The Bertz CT molecular complexity index is 1170. The van der Waals surface area contributed by atoms with Crippen LogP contribution in [0.1, 0.15) is 24.0 Å². The van der Waals surface area contributed by atoms with Crippen LogP contribution in [-0.4, -0.2) is 63.0 Å². The molecule has 1 fully saturated rings. The molecule has 0 radical (unpaired) electrons. The lowest BCUT2D eigenvalue weighted by atomic mass is 9.96. The van der Waals surface area contributed by atoms with Gasteiger partial charge in [0.2, 0.25) is 5.91 Å². The molecule has 2 atom stereocenters. The van der Waals surface area contributed by atoms with E-state index in [-0.39, 0.29) is 48.1 Å². The van der Waals surface area contributed by atoms with Crippen molar-refractivity contribution < 1.29 is 31.1 Å². The van der Waals surface area contributed by atoms with E-state index in [0.29, 0.717) is 30.7 Å². The molecule has 2 aromatic rings. The van der Waals surface area contributed by atoms with Gasteiger partial charge in [0.25, 0.3) is 0 Å². The number of hydrogen-bond acceptors (Lipinski definition) is 5. The number of sulfone groups is 1. The molecule has 184 valence electrons. The third-order valence-corrected chi connectivity index (χ3v) is 8.15. The molecule has 1 amide bonds. The first-order valence-electron chi connectivity index (χ1n) is 11.2. The number of nitrogens with one attached hydrogen (secondary N) is 1. The Morgan fingerprint density at radius 1 is 1.15 bits per heavy atom. The minimum absolute atomic E-state index is 0.0634. The maximum Gasteiger partial charge on any atom is 0.417 e. The van der Waals surface area contributed by atoms with Crippen LogP contribution in [0.5, 0.6) is 5.75 Å². The number of alkyl halides is 3. The van der Waals surface area contributed by atoms with Gasteiger partial charge in [-0.2, -0.15) is 13.2 Å². The molecular formula is C24H27F3N2O4S. The standard InChI is InChI=1S/C24H27F3N2O4S/c1-29(17-10-12-34(31,32)15-17)11-9-22(30)28-14-18-13-16-5-4-7-20(23(16)33-18)19-6-2-3-8-21(19)24(25,26)27/h2-8,17-18H,9-15H2,1H3,(H,28,30)/t17-,18+/m0/s1. The van der Waals surface area contributed by atoms with Gasteiger partial charge in [0.15, 0.2) is 9.84 Å². The molecule has 10 heteroatoms. The van der Waals surface area contributed by atoms with Gasteiger partial charge >= 0.3 is 6.18 Å². The molecule has 1 N–H and O–H groups in total. The van der Waals surface area contributed by atoms with E-state index >= 15 is 0 Å². The second-order valence-electron chi connectivity index (χ2n) is 8.87. The number of ether oxygens (including phenoxy) is 1. The van der Waals surface area contributed by atoms with E-state index in [0.717, 1.165) is 11.6 Å². The first-order valence-corrected chi connectivity index (χ1v) is 13.0. The topological polar surface area (TPSA) is 75.7 Å². The van der Waals surface area contributed by atoms with Crippen molar-refractivity contribution in [2.75, 3.05) is 31.6 Å². The van der Waals surface area contributed by atoms with Crippen LogP contribution in [0.4, 0.5) is 13.2 Å². The first-order chi connectivity index (χ1) is 16.0. The molecule has 0 aliphatic carbocycles. The fourth-order valence-electron chi connectivity index (χ4n) is 4.53.